The maximum Gasteiger partial charge on any atom is 0.334 e. The average Bonchev–Trinajstić information content (AvgIpc) is 3.19. The predicted octanol–water partition coefficient (Wildman–Crippen LogP) is 6.08. The van der Waals surface area contributed by atoms with Gasteiger partial charge in [0.15, 0.2) is 6.10 Å². The second-order valence-electron chi connectivity index (χ2n) is 13.4. The van der Waals surface area contributed by atoms with Crippen LogP contribution in [-0.4, -0.2) is 44.3 Å². The summed E-state index contributed by atoms with van der Waals surface area (Å²) in [5, 5.41) is 10.4. The highest BCUT2D eigenvalue weighted by atomic mass is 16.7. The van der Waals surface area contributed by atoms with Gasteiger partial charge < -0.3 is 19.3 Å². The third-order valence-corrected chi connectivity index (χ3v) is 11.9. The lowest BCUT2D eigenvalue weighted by molar-refractivity contribution is -0.231. The Morgan fingerprint density at radius 2 is 1.71 bits per heavy atom. The molecule has 1 N–H and O–H groups in total. The topological polar surface area (TPSA) is 65.0 Å². The van der Waals surface area contributed by atoms with Gasteiger partial charge in [0, 0.05) is 7.11 Å². The Balaban J connectivity index is 1.64. The van der Waals surface area contributed by atoms with Crippen molar-refractivity contribution in [2.24, 2.45) is 58.2 Å². The lowest BCUT2D eigenvalue weighted by atomic mass is 9.41. The van der Waals surface area contributed by atoms with E-state index in [1.54, 1.807) is 7.11 Å². The molecule has 0 aromatic heterocycles. The molecule has 4 aliphatic carbocycles. The molecule has 4 rings (SSSR count). The second kappa shape index (κ2) is 10.6. The number of hydrogen-bond acceptors (Lipinski definition) is 5. The molecule has 0 aliphatic heterocycles. The minimum Gasteiger partial charge on any atom is -0.467 e. The van der Waals surface area contributed by atoms with E-state index in [0.29, 0.717) is 48.2 Å². The molecule has 4 aliphatic rings. The van der Waals surface area contributed by atoms with Crippen LogP contribution in [0.15, 0.2) is 0 Å². The number of carbonyl (C=O) groups excluding carboxylic acids is 1. The van der Waals surface area contributed by atoms with Crippen LogP contribution >= 0.6 is 0 Å². The number of esters is 1. The van der Waals surface area contributed by atoms with E-state index in [2.05, 4.69) is 34.6 Å². The minimum absolute atomic E-state index is 0.231. The van der Waals surface area contributed by atoms with Gasteiger partial charge in [-0.15, -0.1) is 0 Å². The van der Waals surface area contributed by atoms with Gasteiger partial charge >= 0.3 is 5.97 Å². The summed E-state index contributed by atoms with van der Waals surface area (Å²) in [6, 6.07) is 0. The Morgan fingerprint density at radius 3 is 2.37 bits per heavy atom. The van der Waals surface area contributed by atoms with E-state index in [1.165, 1.54) is 58.5 Å². The summed E-state index contributed by atoms with van der Waals surface area (Å²) in [7, 11) is 3.11. The fraction of sp³-hybridized carbons (Fsp3) is 0.967. The van der Waals surface area contributed by atoms with Crippen LogP contribution in [0.1, 0.15) is 92.4 Å². The minimum atomic E-state index is -1.02. The average molecular weight is 493 g/mol. The van der Waals surface area contributed by atoms with Gasteiger partial charge in [-0.2, -0.15) is 0 Å². The van der Waals surface area contributed by atoms with Crippen LogP contribution in [0.4, 0.5) is 0 Å². The van der Waals surface area contributed by atoms with Gasteiger partial charge in [0.25, 0.3) is 0 Å². The van der Waals surface area contributed by atoms with Crippen molar-refractivity contribution in [1.29, 1.82) is 0 Å². The summed E-state index contributed by atoms with van der Waals surface area (Å²) >= 11 is 0. The number of rotatable bonds is 8. The number of fused-ring (bicyclic) bond motifs is 5. The van der Waals surface area contributed by atoms with Crippen molar-refractivity contribution >= 4 is 5.97 Å². The van der Waals surface area contributed by atoms with E-state index in [0.717, 1.165) is 17.8 Å². The highest BCUT2D eigenvalue weighted by molar-refractivity contribution is 5.74. The highest BCUT2D eigenvalue weighted by Gasteiger charge is 2.65. The maximum absolute atomic E-state index is 11.9. The normalized spacial score (nSPS) is 46.7. The van der Waals surface area contributed by atoms with Crippen molar-refractivity contribution in [3.8, 4) is 0 Å². The molecule has 12 atom stereocenters. The lowest BCUT2D eigenvalue weighted by Gasteiger charge is -2.65. The van der Waals surface area contributed by atoms with Crippen LogP contribution < -0.4 is 0 Å². The third-order valence-electron chi connectivity index (χ3n) is 11.9. The lowest BCUT2D eigenvalue weighted by Crippen LogP contribution is -2.62. The van der Waals surface area contributed by atoms with Gasteiger partial charge in [-0.05, 0) is 103 Å². The van der Waals surface area contributed by atoms with E-state index in [9.17, 15) is 9.90 Å². The number of ether oxygens (including phenoxy) is 3. The van der Waals surface area contributed by atoms with Crippen LogP contribution in [0.25, 0.3) is 0 Å². The van der Waals surface area contributed by atoms with Gasteiger partial charge in [-0.3, -0.25) is 0 Å². The molecule has 202 valence electrons. The summed E-state index contributed by atoms with van der Waals surface area (Å²) < 4.78 is 17.0. The molecule has 5 heteroatoms. The van der Waals surface area contributed by atoms with Gasteiger partial charge in [-0.1, -0.05) is 47.5 Å². The first-order valence-corrected chi connectivity index (χ1v) is 14.5. The van der Waals surface area contributed by atoms with Crippen LogP contribution in [-0.2, 0) is 19.0 Å². The summed E-state index contributed by atoms with van der Waals surface area (Å²) in [6.45, 7) is 12.6. The second-order valence-corrected chi connectivity index (χ2v) is 13.4. The number of carbonyl (C=O) groups is 1. The van der Waals surface area contributed by atoms with Crippen LogP contribution in [0.3, 0.4) is 0 Å². The number of aliphatic hydroxyl groups is 1. The van der Waals surface area contributed by atoms with E-state index in [-0.39, 0.29) is 11.5 Å². The van der Waals surface area contributed by atoms with E-state index < -0.39 is 12.1 Å². The molecule has 0 saturated heterocycles. The van der Waals surface area contributed by atoms with Crippen molar-refractivity contribution in [3.05, 3.63) is 0 Å². The molecule has 0 spiro atoms. The summed E-state index contributed by atoms with van der Waals surface area (Å²) in [6.07, 6.45) is 9.96. The number of aliphatic hydroxyl groups excluding tert-OH is 1. The molecular formula is C30H52O5. The Morgan fingerprint density at radius 1 is 1.03 bits per heavy atom. The molecule has 0 bridgehead atoms. The zero-order valence-corrected chi connectivity index (χ0v) is 23.4. The van der Waals surface area contributed by atoms with Crippen LogP contribution in [0.2, 0.25) is 0 Å². The predicted molar refractivity (Wildman–Crippen MR) is 137 cm³/mol. The Kier molecular flexibility index (Phi) is 8.30. The fourth-order valence-corrected chi connectivity index (χ4v) is 10.2. The largest absolute Gasteiger partial charge is 0.467 e. The van der Waals surface area contributed by atoms with E-state index in [1.807, 2.05) is 0 Å². The SMILES string of the molecule is CC[C@H]1C(OCOC)C2C3CC[C@H]([C@H](C)C[C@@H](O)C(=O)OC)[C@@]3(C)CCC2[C@@]2(C)CC[C@@H](C)C[C@@H]12. The first-order valence-electron chi connectivity index (χ1n) is 14.5. The van der Waals surface area contributed by atoms with E-state index in [4.69, 9.17) is 14.2 Å². The molecule has 4 unspecified atom stereocenters. The standard InChI is InChI=1S/C30H52O5/c1-8-20-24-15-18(2)11-13-30(24,5)23-12-14-29(4)21(19(3)16-25(31)28(32)34-7)9-10-22(29)26(23)27(20)35-17-33-6/h18-27,31H,8-17H2,1-7H3/t18-,19-,20-,21-,22?,23?,24+,25-,26?,27?,29-,30-/m1/s1. The van der Waals surface area contributed by atoms with Gasteiger partial charge in [0.2, 0.25) is 0 Å². The van der Waals surface area contributed by atoms with Crippen molar-refractivity contribution in [2.45, 2.75) is 105 Å². The molecule has 0 aromatic carbocycles. The summed E-state index contributed by atoms with van der Waals surface area (Å²) in [4.78, 5) is 11.9. The molecule has 0 radical (unpaired) electrons. The Bertz CT molecular complexity index is 740. The first-order chi connectivity index (χ1) is 16.6. The quantitative estimate of drug-likeness (QED) is 0.329. The monoisotopic (exact) mass is 492 g/mol. The molecule has 0 aromatic rings. The molecule has 0 amide bonds. The highest BCUT2D eigenvalue weighted by Crippen LogP contribution is 2.70. The van der Waals surface area contributed by atoms with Gasteiger partial charge in [0.05, 0.1) is 13.2 Å². The zero-order valence-electron chi connectivity index (χ0n) is 23.4. The summed E-state index contributed by atoms with van der Waals surface area (Å²) in [5.41, 5.74) is 0.644. The van der Waals surface area contributed by atoms with Gasteiger partial charge in [-0.25, -0.2) is 4.79 Å². The zero-order chi connectivity index (χ0) is 25.5. The van der Waals surface area contributed by atoms with E-state index >= 15 is 0 Å². The molecule has 4 fully saturated rings. The first kappa shape index (κ1) is 27.4. The fourth-order valence-electron chi connectivity index (χ4n) is 10.2. The van der Waals surface area contributed by atoms with Crippen molar-refractivity contribution in [3.63, 3.8) is 0 Å². The third kappa shape index (κ3) is 4.61. The summed E-state index contributed by atoms with van der Waals surface area (Å²) in [5.74, 6) is 4.39. The maximum atomic E-state index is 11.9. The smallest absolute Gasteiger partial charge is 0.334 e. The molecule has 0 heterocycles. The Hall–Kier alpha value is -0.650. The molecule has 35 heavy (non-hydrogen) atoms. The number of methoxy groups -OCH3 is 2. The van der Waals surface area contributed by atoms with Crippen LogP contribution in [0.5, 0.6) is 0 Å². The molecule has 4 saturated carbocycles. The number of hydrogen-bond donors (Lipinski definition) is 1. The molecule has 5 nitrogen and oxygen atoms in total. The Labute approximate surface area is 214 Å². The molecular weight excluding hydrogens is 440 g/mol. The van der Waals surface area contributed by atoms with Crippen LogP contribution in [0, 0.1) is 58.2 Å². The van der Waals surface area contributed by atoms with Crippen molar-refractivity contribution < 1.29 is 24.1 Å². The van der Waals surface area contributed by atoms with Gasteiger partial charge in [0.1, 0.15) is 6.79 Å². The van der Waals surface area contributed by atoms with Crippen molar-refractivity contribution in [2.75, 3.05) is 21.0 Å². The van der Waals surface area contributed by atoms with Crippen molar-refractivity contribution in [1.82, 2.24) is 0 Å².